The fourth-order valence-electron chi connectivity index (χ4n) is 1.87. The van der Waals surface area contributed by atoms with Crippen LogP contribution in [-0.2, 0) is 7.05 Å². The van der Waals surface area contributed by atoms with Crippen molar-refractivity contribution >= 4 is 5.82 Å². The second-order valence-electron chi connectivity index (χ2n) is 4.11. The van der Waals surface area contributed by atoms with Crippen molar-refractivity contribution in [2.24, 2.45) is 7.05 Å². The van der Waals surface area contributed by atoms with Crippen molar-refractivity contribution in [3.63, 3.8) is 0 Å². The Morgan fingerprint density at radius 3 is 2.35 bits per heavy atom. The van der Waals surface area contributed by atoms with Gasteiger partial charge in [-0.2, -0.15) is 10.4 Å². The van der Waals surface area contributed by atoms with E-state index in [1.165, 1.54) is 0 Å². The molecule has 5 heteroatoms. The van der Waals surface area contributed by atoms with Gasteiger partial charge in [0, 0.05) is 18.4 Å². The number of anilines is 1. The van der Waals surface area contributed by atoms with Crippen molar-refractivity contribution in [1.82, 2.24) is 14.5 Å². The van der Waals surface area contributed by atoms with E-state index in [1.54, 1.807) is 4.68 Å². The molecule has 17 heavy (non-hydrogen) atoms. The first-order valence-electron chi connectivity index (χ1n) is 5.40. The van der Waals surface area contributed by atoms with E-state index in [2.05, 4.69) is 16.6 Å². The third-order valence-electron chi connectivity index (χ3n) is 2.82. The molecular formula is C12H15N5. The molecular weight excluding hydrogens is 214 g/mol. The molecule has 0 aliphatic rings. The fraction of sp³-hybridized carbons (Fsp3) is 0.333. The van der Waals surface area contributed by atoms with Crippen LogP contribution in [-0.4, -0.2) is 14.5 Å². The van der Waals surface area contributed by atoms with Crippen molar-refractivity contribution in [3.8, 4) is 6.07 Å². The van der Waals surface area contributed by atoms with Crippen molar-refractivity contribution < 1.29 is 0 Å². The number of aryl methyl sites for hydroxylation is 4. The lowest BCUT2D eigenvalue weighted by Crippen LogP contribution is -2.15. The van der Waals surface area contributed by atoms with E-state index >= 15 is 0 Å². The van der Waals surface area contributed by atoms with Gasteiger partial charge in [-0.1, -0.05) is 0 Å². The summed E-state index contributed by atoms with van der Waals surface area (Å²) in [6, 6.07) is 6.23. The maximum atomic E-state index is 9.13. The molecule has 0 spiro atoms. The highest BCUT2D eigenvalue weighted by atomic mass is 15.5. The number of hydrogen-bond acceptors (Lipinski definition) is 3. The summed E-state index contributed by atoms with van der Waals surface area (Å²) < 4.78 is 3.63. The zero-order valence-corrected chi connectivity index (χ0v) is 10.4. The third kappa shape index (κ3) is 1.78. The molecule has 0 unspecified atom stereocenters. The predicted molar refractivity (Wildman–Crippen MR) is 65.6 cm³/mol. The Kier molecular flexibility index (Phi) is 2.64. The average molecular weight is 229 g/mol. The fourth-order valence-corrected chi connectivity index (χ4v) is 1.87. The SMILES string of the molecule is Cc1nn(C)c(Nn2c(C)ccc2C)c1C#N. The zero-order valence-electron chi connectivity index (χ0n) is 10.4. The van der Waals surface area contributed by atoms with E-state index in [4.69, 9.17) is 5.26 Å². The first-order valence-corrected chi connectivity index (χ1v) is 5.40. The van der Waals surface area contributed by atoms with Crippen LogP contribution in [0.5, 0.6) is 0 Å². The average Bonchev–Trinajstić information content (AvgIpc) is 2.73. The summed E-state index contributed by atoms with van der Waals surface area (Å²) in [6.07, 6.45) is 0. The third-order valence-corrected chi connectivity index (χ3v) is 2.82. The first kappa shape index (κ1) is 11.3. The van der Waals surface area contributed by atoms with Crippen LogP contribution < -0.4 is 5.43 Å². The molecule has 0 amide bonds. The Hall–Kier alpha value is -2.22. The number of nitrogens with zero attached hydrogens (tertiary/aromatic N) is 4. The number of aromatic nitrogens is 3. The Bertz CT molecular complexity index is 578. The smallest absolute Gasteiger partial charge is 0.161 e. The molecule has 0 saturated carbocycles. The van der Waals surface area contributed by atoms with Gasteiger partial charge >= 0.3 is 0 Å². The van der Waals surface area contributed by atoms with Gasteiger partial charge in [0.1, 0.15) is 11.6 Å². The van der Waals surface area contributed by atoms with Gasteiger partial charge in [-0.25, -0.2) is 0 Å². The van der Waals surface area contributed by atoms with Crippen molar-refractivity contribution in [3.05, 3.63) is 34.8 Å². The van der Waals surface area contributed by atoms with E-state index in [-0.39, 0.29) is 0 Å². The molecule has 5 nitrogen and oxygen atoms in total. The van der Waals surface area contributed by atoms with E-state index in [0.29, 0.717) is 11.4 Å². The molecule has 0 atom stereocenters. The van der Waals surface area contributed by atoms with E-state index in [9.17, 15) is 0 Å². The van der Waals surface area contributed by atoms with Crippen molar-refractivity contribution in [2.45, 2.75) is 20.8 Å². The maximum absolute atomic E-state index is 9.13. The molecule has 0 aliphatic carbocycles. The Balaban J connectivity index is 2.47. The molecule has 88 valence electrons. The summed E-state index contributed by atoms with van der Waals surface area (Å²) >= 11 is 0. The standard InChI is InChI=1S/C12H15N5/c1-8-5-6-9(2)17(8)15-12-11(7-13)10(3)14-16(12)4/h5-6,15H,1-4H3. The number of hydrogen-bond donors (Lipinski definition) is 1. The Labute approximate surface area is 100 Å². The van der Waals surface area contributed by atoms with E-state index in [0.717, 1.165) is 17.1 Å². The lowest BCUT2D eigenvalue weighted by molar-refractivity contribution is 0.740. The Morgan fingerprint density at radius 2 is 1.82 bits per heavy atom. The van der Waals surface area contributed by atoms with Crippen LogP contribution in [0, 0.1) is 32.1 Å². The summed E-state index contributed by atoms with van der Waals surface area (Å²) in [5.41, 5.74) is 6.72. The summed E-state index contributed by atoms with van der Waals surface area (Å²) in [4.78, 5) is 0. The molecule has 0 aromatic carbocycles. The summed E-state index contributed by atoms with van der Waals surface area (Å²) in [5, 5.41) is 13.4. The highest BCUT2D eigenvalue weighted by Gasteiger charge is 2.13. The molecule has 1 N–H and O–H groups in total. The number of nitriles is 1. The molecule has 2 aromatic heterocycles. The molecule has 0 aliphatic heterocycles. The lowest BCUT2D eigenvalue weighted by Gasteiger charge is -2.12. The van der Waals surface area contributed by atoms with Crippen LogP contribution in [0.2, 0.25) is 0 Å². The first-order chi connectivity index (χ1) is 8.04. The van der Waals surface area contributed by atoms with Crippen LogP contribution in [0.25, 0.3) is 0 Å². The van der Waals surface area contributed by atoms with Gasteiger partial charge in [-0.15, -0.1) is 0 Å². The van der Waals surface area contributed by atoms with Crippen LogP contribution in [0.1, 0.15) is 22.6 Å². The summed E-state index contributed by atoms with van der Waals surface area (Å²) in [5.74, 6) is 0.715. The van der Waals surface area contributed by atoms with Crippen molar-refractivity contribution in [2.75, 3.05) is 5.43 Å². The molecule has 2 aromatic rings. The normalized spacial score (nSPS) is 10.3. The lowest BCUT2D eigenvalue weighted by atomic mass is 10.3. The maximum Gasteiger partial charge on any atom is 0.161 e. The highest BCUT2D eigenvalue weighted by Crippen LogP contribution is 2.19. The molecule has 0 bridgehead atoms. The van der Waals surface area contributed by atoms with Gasteiger partial charge in [-0.05, 0) is 32.9 Å². The van der Waals surface area contributed by atoms with Crippen LogP contribution in [0.4, 0.5) is 5.82 Å². The molecule has 2 rings (SSSR count). The minimum absolute atomic E-state index is 0.583. The van der Waals surface area contributed by atoms with Gasteiger partial charge in [0.2, 0.25) is 0 Å². The zero-order chi connectivity index (χ0) is 12.6. The topological polar surface area (TPSA) is 58.6 Å². The quantitative estimate of drug-likeness (QED) is 0.855. The summed E-state index contributed by atoms with van der Waals surface area (Å²) in [6.45, 7) is 5.85. The number of rotatable bonds is 2. The van der Waals surface area contributed by atoms with E-state index in [1.807, 2.05) is 44.6 Å². The minimum Gasteiger partial charge on any atom is -0.277 e. The van der Waals surface area contributed by atoms with Gasteiger partial charge in [-0.3, -0.25) is 14.8 Å². The largest absolute Gasteiger partial charge is 0.277 e. The molecule has 0 radical (unpaired) electrons. The summed E-state index contributed by atoms with van der Waals surface area (Å²) in [7, 11) is 1.82. The second-order valence-corrected chi connectivity index (χ2v) is 4.11. The van der Waals surface area contributed by atoms with Crippen molar-refractivity contribution in [1.29, 1.82) is 5.26 Å². The van der Waals surface area contributed by atoms with E-state index < -0.39 is 0 Å². The van der Waals surface area contributed by atoms with Crippen LogP contribution in [0.15, 0.2) is 12.1 Å². The molecule has 2 heterocycles. The highest BCUT2D eigenvalue weighted by molar-refractivity contribution is 5.55. The van der Waals surface area contributed by atoms with Crippen LogP contribution in [0.3, 0.4) is 0 Å². The molecule has 0 fully saturated rings. The van der Waals surface area contributed by atoms with Gasteiger partial charge < -0.3 is 0 Å². The Morgan fingerprint density at radius 1 is 1.24 bits per heavy atom. The second kappa shape index (κ2) is 3.98. The van der Waals surface area contributed by atoms with Gasteiger partial charge in [0.25, 0.3) is 0 Å². The number of nitrogens with one attached hydrogen (secondary N) is 1. The van der Waals surface area contributed by atoms with Gasteiger partial charge in [0.05, 0.1) is 5.69 Å². The monoisotopic (exact) mass is 229 g/mol. The van der Waals surface area contributed by atoms with Gasteiger partial charge in [0.15, 0.2) is 5.82 Å². The predicted octanol–water partition coefficient (Wildman–Crippen LogP) is 1.89. The molecule has 0 saturated heterocycles. The minimum atomic E-state index is 0.583. The van der Waals surface area contributed by atoms with Crippen LogP contribution >= 0.6 is 0 Å².